The van der Waals surface area contributed by atoms with E-state index in [0.29, 0.717) is 19.4 Å². The first-order valence-corrected chi connectivity index (χ1v) is 7.98. The largest absolute Gasteiger partial charge is 0.459 e. The normalized spacial score (nSPS) is 13.1. The highest BCUT2D eigenvalue weighted by Crippen LogP contribution is 2.06. The summed E-state index contributed by atoms with van der Waals surface area (Å²) in [6, 6.07) is 12.1. The molecule has 1 aromatic heterocycles. The Bertz CT molecular complexity index is 639. The first-order valence-electron chi connectivity index (χ1n) is 7.98. The Morgan fingerprint density at radius 2 is 1.92 bits per heavy atom. The predicted octanol–water partition coefficient (Wildman–Crippen LogP) is 1.47. The van der Waals surface area contributed by atoms with Crippen molar-refractivity contribution in [1.29, 1.82) is 0 Å². The first-order chi connectivity index (χ1) is 11.6. The monoisotopic (exact) mass is 329 g/mol. The van der Waals surface area contributed by atoms with E-state index >= 15 is 0 Å². The summed E-state index contributed by atoms with van der Waals surface area (Å²) in [6.07, 6.45) is 2.50. The van der Waals surface area contributed by atoms with Crippen LogP contribution in [0.3, 0.4) is 0 Å². The van der Waals surface area contributed by atoms with E-state index in [2.05, 4.69) is 10.6 Å². The van der Waals surface area contributed by atoms with E-state index in [4.69, 9.17) is 10.2 Å². The lowest BCUT2D eigenvalue weighted by Crippen LogP contribution is -2.48. The maximum atomic E-state index is 12.4. The highest BCUT2D eigenvalue weighted by Gasteiger charge is 2.22. The molecule has 24 heavy (non-hydrogen) atoms. The summed E-state index contributed by atoms with van der Waals surface area (Å²) in [7, 11) is 0. The Morgan fingerprint density at radius 3 is 2.54 bits per heavy atom. The van der Waals surface area contributed by atoms with Gasteiger partial charge >= 0.3 is 0 Å². The third kappa shape index (κ3) is 5.55. The van der Waals surface area contributed by atoms with Crippen LogP contribution in [0.5, 0.6) is 0 Å². The van der Waals surface area contributed by atoms with Crippen molar-refractivity contribution in [1.82, 2.24) is 10.6 Å². The Kier molecular flexibility index (Phi) is 6.57. The molecular formula is C18H23N3O3. The van der Waals surface area contributed by atoms with Gasteiger partial charge in [0.25, 0.3) is 5.91 Å². The Labute approximate surface area is 141 Å². The van der Waals surface area contributed by atoms with Gasteiger partial charge in [0.2, 0.25) is 5.91 Å². The highest BCUT2D eigenvalue weighted by molar-refractivity contribution is 5.95. The molecule has 1 heterocycles. The van der Waals surface area contributed by atoms with Crippen LogP contribution in [0, 0.1) is 0 Å². The number of benzene rings is 1. The van der Waals surface area contributed by atoms with E-state index in [1.54, 1.807) is 12.1 Å². The van der Waals surface area contributed by atoms with Crippen molar-refractivity contribution in [3.8, 4) is 0 Å². The van der Waals surface area contributed by atoms with E-state index in [1.807, 2.05) is 37.3 Å². The molecule has 2 unspecified atom stereocenters. The van der Waals surface area contributed by atoms with Gasteiger partial charge in [-0.05, 0) is 31.0 Å². The Morgan fingerprint density at radius 1 is 1.17 bits per heavy atom. The second kappa shape index (κ2) is 8.88. The molecule has 0 aliphatic heterocycles. The van der Waals surface area contributed by atoms with Gasteiger partial charge < -0.3 is 20.8 Å². The maximum absolute atomic E-state index is 12.4. The lowest BCUT2D eigenvalue weighted by atomic mass is 10.0. The number of hydrogen-bond donors (Lipinski definition) is 3. The molecule has 0 saturated carbocycles. The van der Waals surface area contributed by atoms with Crippen LogP contribution in [0.4, 0.5) is 0 Å². The molecule has 0 saturated heterocycles. The minimum absolute atomic E-state index is 0.00980. The van der Waals surface area contributed by atoms with Crippen LogP contribution in [0.15, 0.2) is 53.1 Å². The average Bonchev–Trinajstić information content (AvgIpc) is 3.09. The molecule has 1 aromatic carbocycles. The van der Waals surface area contributed by atoms with E-state index in [9.17, 15) is 9.59 Å². The highest BCUT2D eigenvalue weighted by atomic mass is 16.3. The fraction of sp³-hybridized carbons (Fsp3) is 0.333. The molecule has 4 N–H and O–H groups in total. The molecule has 0 spiro atoms. The van der Waals surface area contributed by atoms with Gasteiger partial charge in [-0.15, -0.1) is 0 Å². The van der Waals surface area contributed by atoms with Gasteiger partial charge in [0.15, 0.2) is 5.76 Å². The number of amides is 2. The Hall–Kier alpha value is -2.60. The zero-order valence-corrected chi connectivity index (χ0v) is 13.7. The molecule has 0 radical (unpaired) electrons. The number of carbonyl (C=O) groups is 2. The SMILES string of the molecule is CC(N)CCNC(=O)C(Cc1ccccc1)NC(=O)c1ccco1. The molecule has 2 rings (SSSR count). The Balaban J connectivity index is 2.02. The quantitative estimate of drug-likeness (QED) is 0.683. The lowest BCUT2D eigenvalue weighted by Gasteiger charge is -2.18. The van der Waals surface area contributed by atoms with Gasteiger partial charge in [-0.1, -0.05) is 30.3 Å². The number of nitrogens with two attached hydrogens (primary N) is 1. The minimum atomic E-state index is -0.682. The number of hydrogen-bond acceptors (Lipinski definition) is 4. The van der Waals surface area contributed by atoms with Crippen LogP contribution < -0.4 is 16.4 Å². The summed E-state index contributed by atoms with van der Waals surface area (Å²) in [5, 5.41) is 5.55. The summed E-state index contributed by atoms with van der Waals surface area (Å²) < 4.78 is 5.08. The average molecular weight is 329 g/mol. The van der Waals surface area contributed by atoms with Crippen molar-refractivity contribution >= 4 is 11.8 Å². The van der Waals surface area contributed by atoms with Crippen molar-refractivity contribution in [3.05, 3.63) is 60.1 Å². The lowest BCUT2D eigenvalue weighted by molar-refractivity contribution is -0.122. The molecule has 2 atom stereocenters. The molecule has 2 aromatic rings. The fourth-order valence-electron chi connectivity index (χ4n) is 2.24. The molecule has 0 fully saturated rings. The topological polar surface area (TPSA) is 97.4 Å². The van der Waals surface area contributed by atoms with Crippen molar-refractivity contribution in [2.45, 2.75) is 31.8 Å². The number of furan rings is 1. The van der Waals surface area contributed by atoms with E-state index in [-0.39, 0.29) is 17.7 Å². The smallest absolute Gasteiger partial charge is 0.287 e. The van der Waals surface area contributed by atoms with Crippen LogP contribution in [-0.2, 0) is 11.2 Å². The van der Waals surface area contributed by atoms with Gasteiger partial charge in [0.05, 0.1) is 6.26 Å². The van der Waals surface area contributed by atoms with Gasteiger partial charge in [0, 0.05) is 19.0 Å². The van der Waals surface area contributed by atoms with Crippen molar-refractivity contribution in [2.24, 2.45) is 5.73 Å². The molecule has 0 aliphatic carbocycles. The zero-order valence-electron chi connectivity index (χ0n) is 13.7. The van der Waals surface area contributed by atoms with Crippen LogP contribution in [0.1, 0.15) is 29.5 Å². The van der Waals surface area contributed by atoms with Crippen molar-refractivity contribution < 1.29 is 14.0 Å². The van der Waals surface area contributed by atoms with Crippen LogP contribution >= 0.6 is 0 Å². The number of rotatable bonds is 8. The predicted molar refractivity (Wildman–Crippen MR) is 91.4 cm³/mol. The fourth-order valence-corrected chi connectivity index (χ4v) is 2.24. The van der Waals surface area contributed by atoms with E-state index in [1.165, 1.54) is 6.26 Å². The standard InChI is InChI=1S/C18H23N3O3/c1-13(19)9-10-20-17(22)15(12-14-6-3-2-4-7-14)21-18(23)16-8-5-11-24-16/h2-8,11,13,15H,9-10,12,19H2,1H3,(H,20,22)(H,21,23). The summed E-state index contributed by atoms with van der Waals surface area (Å²) in [5.74, 6) is -0.473. The maximum Gasteiger partial charge on any atom is 0.287 e. The van der Waals surface area contributed by atoms with Crippen LogP contribution in [-0.4, -0.2) is 30.4 Å². The van der Waals surface area contributed by atoms with E-state index in [0.717, 1.165) is 5.56 Å². The van der Waals surface area contributed by atoms with E-state index < -0.39 is 11.9 Å². The molecule has 6 heteroatoms. The molecule has 2 amide bonds. The summed E-state index contributed by atoms with van der Waals surface area (Å²) in [5.41, 5.74) is 6.65. The summed E-state index contributed by atoms with van der Waals surface area (Å²) >= 11 is 0. The number of nitrogens with one attached hydrogen (secondary N) is 2. The van der Waals surface area contributed by atoms with Gasteiger partial charge in [-0.25, -0.2) is 0 Å². The summed E-state index contributed by atoms with van der Waals surface area (Å²) in [6.45, 7) is 2.35. The van der Waals surface area contributed by atoms with Crippen molar-refractivity contribution in [2.75, 3.05) is 6.54 Å². The van der Waals surface area contributed by atoms with Gasteiger partial charge in [-0.2, -0.15) is 0 Å². The second-order valence-corrected chi connectivity index (χ2v) is 5.75. The first kappa shape index (κ1) is 17.7. The molecule has 6 nitrogen and oxygen atoms in total. The minimum Gasteiger partial charge on any atom is -0.459 e. The van der Waals surface area contributed by atoms with Crippen LogP contribution in [0.25, 0.3) is 0 Å². The van der Waals surface area contributed by atoms with Crippen molar-refractivity contribution in [3.63, 3.8) is 0 Å². The second-order valence-electron chi connectivity index (χ2n) is 5.75. The molecule has 0 aliphatic rings. The number of carbonyl (C=O) groups excluding carboxylic acids is 2. The van der Waals surface area contributed by atoms with Crippen LogP contribution in [0.2, 0.25) is 0 Å². The molecule has 0 bridgehead atoms. The van der Waals surface area contributed by atoms with Gasteiger partial charge in [0.1, 0.15) is 6.04 Å². The summed E-state index contributed by atoms with van der Waals surface area (Å²) in [4.78, 5) is 24.6. The third-order valence-electron chi connectivity index (χ3n) is 3.55. The molecular weight excluding hydrogens is 306 g/mol. The van der Waals surface area contributed by atoms with Gasteiger partial charge in [-0.3, -0.25) is 9.59 Å². The zero-order chi connectivity index (χ0) is 17.4. The third-order valence-corrected chi connectivity index (χ3v) is 3.55. The molecule has 128 valence electrons.